The summed E-state index contributed by atoms with van der Waals surface area (Å²) >= 11 is 0. The van der Waals surface area contributed by atoms with Crippen LogP contribution < -0.4 is 10.6 Å². The number of aryl methyl sites for hydroxylation is 1. The molecule has 0 bridgehead atoms. The van der Waals surface area contributed by atoms with Crippen molar-refractivity contribution in [1.82, 2.24) is 4.90 Å². The smallest absolute Gasteiger partial charge is 0.414 e. The molecule has 0 heterocycles. The average Bonchev–Trinajstić information content (AvgIpc) is 2.88. The fourth-order valence-corrected chi connectivity index (χ4v) is 3.90. The molecule has 0 radical (unpaired) electrons. The SMILES string of the molecule is CCc1ccc(-c2ccc(C(=O)N(CC)C(=O)O)cc2C(=O)O)c(C(=O)N(C(=N)N)c2ccccc2)c1. The Morgan fingerprint density at radius 2 is 1.46 bits per heavy atom. The molecule has 0 unspecified atom stereocenters. The maximum atomic E-state index is 13.7. The number of carbonyl (C=O) groups is 4. The van der Waals surface area contributed by atoms with Gasteiger partial charge in [-0.25, -0.2) is 19.4 Å². The molecule has 3 aromatic rings. The van der Waals surface area contributed by atoms with E-state index in [9.17, 15) is 29.4 Å². The van der Waals surface area contributed by atoms with Gasteiger partial charge in [0.05, 0.1) is 11.3 Å². The molecule has 0 saturated heterocycles. The summed E-state index contributed by atoms with van der Waals surface area (Å²) in [6.07, 6.45) is -0.866. The fraction of sp³-hybridized carbons (Fsp3) is 0.148. The van der Waals surface area contributed by atoms with E-state index in [0.717, 1.165) is 16.5 Å². The van der Waals surface area contributed by atoms with Crippen molar-refractivity contribution in [2.24, 2.45) is 5.73 Å². The molecule has 3 amide bonds. The van der Waals surface area contributed by atoms with Crippen LogP contribution in [0.25, 0.3) is 11.1 Å². The lowest BCUT2D eigenvalue weighted by atomic mass is 9.91. The molecule has 0 aromatic heterocycles. The Hall–Kier alpha value is -4.99. The third-order valence-electron chi connectivity index (χ3n) is 5.76. The zero-order valence-corrected chi connectivity index (χ0v) is 20.3. The number of carboxylic acid groups (broad SMARTS) is 2. The predicted octanol–water partition coefficient (Wildman–Crippen LogP) is 4.29. The van der Waals surface area contributed by atoms with Gasteiger partial charge in [0.25, 0.3) is 11.8 Å². The molecular formula is C27H26N4O6. The normalized spacial score (nSPS) is 10.4. The van der Waals surface area contributed by atoms with E-state index in [2.05, 4.69) is 0 Å². The molecule has 5 N–H and O–H groups in total. The molecule has 0 atom stereocenters. The Kier molecular flexibility index (Phi) is 8.03. The number of nitrogens with zero attached hydrogens (tertiary/aromatic N) is 2. The van der Waals surface area contributed by atoms with E-state index in [0.29, 0.717) is 17.0 Å². The van der Waals surface area contributed by atoms with Crippen molar-refractivity contribution in [1.29, 1.82) is 5.41 Å². The number of amides is 3. The van der Waals surface area contributed by atoms with Gasteiger partial charge in [-0.2, -0.15) is 0 Å². The summed E-state index contributed by atoms with van der Waals surface area (Å²) in [6.45, 7) is 3.27. The number of guanidine groups is 1. The molecule has 3 aromatic carbocycles. The number of nitrogens with two attached hydrogens (primary N) is 1. The topological polar surface area (TPSA) is 165 Å². The van der Waals surface area contributed by atoms with Crippen LogP contribution in [0.2, 0.25) is 0 Å². The number of rotatable bonds is 7. The molecule has 3 rings (SSSR count). The van der Waals surface area contributed by atoms with Crippen LogP contribution in [0.5, 0.6) is 0 Å². The Labute approximate surface area is 213 Å². The summed E-state index contributed by atoms with van der Waals surface area (Å²) in [5.74, 6) is -3.39. The van der Waals surface area contributed by atoms with Crippen LogP contribution in [-0.2, 0) is 6.42 Å². The van der Waals surface area contributed by atoms with Crippen molar-refractivity contribution >= 4 is 35.5 Å². The van der Waals surface area contributed by atoms with Gasteiger partial charge in [-0.3, -0.25) is 15.0 Å². The number of aromatic carboxylic acids is 1. The lowest BCUT2D eigenvalue weighted by Gasteiger charge is -2.23. The van der Waals surface area contributed by atoms with Gasteiger partial charge in [-0.05, 0) is 60.4 Å². The maximum absolute atomic E-state index is 13.7. The van der Waals surface area contributed by atoms with Crippen LogP contribution >= 0.6 is 0 Å². The molecular weight excluding hydrogens is 476 g/mol. The molecule has 0 saturated carbocycles. The highest BCUT2D eigenvalue weighted by Gasteiger charge is 2.27. The first-order valence-corrected chi connectivity index (χ1v) is 11.4. The number of carboxylic acids is 1. The van der Waals surface area contributed by atoms with E-state index in [1.54, 1.807) is 48.5 Å². The zero-order valence-electron chi connectivity index (χ0n) is 20.3. The highest BCUT2D eigenvalue weighted by molar-refractivity contribution is 6.23. The van der Waals surface area contributed by atoms with Crippen LogP contribution in [-0.4, -0.2) is 51.5 Å². The van der Waals surface area contributed by atoms with E-state index in [-0.39, 0.29) is 34.4 Å². The molecule has 0 aliphatic rings. The second-order valence-electron chi connectivity index (χ2n) is 7.99. The van der Waals surface area contributed by atoms with E-state index >= 15 is 0 Å². The molecule has 190 valence electrons. The van der Waals surface area contributed by atoms with Crippen molar-refractivity contribution in [2.45, 2.75) is 20.3 Å². The molecule has 0 spiro atoms. The van der Waals surface area contributed by atoms with E-state index in [4.69, 9.17) is 11.1 Å². The summed E-state index contributed by atoms with van der Waals surface area (Å²) in [7, 11) is 0. The van der Waals surface area contributed by atoms with Crippen molar-refractivity contribution in [2.75, 3.05) is 11.4 Å². The van der Waals surface area contributed by atoms with Crippen molar-refractivity contribution < 1.29 is 29.4 Å². The van der Waals surface area contributed by atoms with Crippen LogP contribution in [0.3, 0.4) is 0 Å². The van der Waals surface area contributed by atoms with E-state index < -0.39 is 29.8 Å². The van der Waals surface area contributed by atoms with Gasteiger partial charge < -0.3 is 15.9 Å². The monoisotopic (exact) mass is 502 g/mol. The highest BCUT2D eigenvalue weighted by Crippen LogP contribution is 2.31. The standard InChI is InChI=1S/C27H26N4O6/c1-3-16-10-12-19(21(14-16)24(33)31(26(28)29)18-8-6-5-7-9-18)20-13-11-17(15-22(20)25(34)35)23(32)30(4-2)27(36)37/h5-15H,3-4H2,1-2H3,(H3,28,29)(H,34,35)(H,36,37). The summed E-state index contributed by atoms with van der Waals surface area (Å²) in [6, 6.07) is 17.1. The van der Waals surface area contributed by atoms with Crippen molar-refractivity contribution in [3.8, 4) is 11.1 Å². The Balaban J connectivity index is 2.21. The van der Waals surface area contributed by atoms with Gasteiger partial charge in [-0.1, -0.05) is 43.3 Å². The zero-order chi connectivity index (χ0) is 27.3. The molecule has 0 aliphatic carbocycles. The van der Waals surface area contributed by atoms with Gasteiger partial charge in [-0.15, -0.1) is 0 Å². The quantitative estimate of drug-likeness (QED) is 0.276. The molecule has 10 nitrogen and oxygen atoms in total. The minimum absolute atomic E-state index is 0.112. The number of imide groups is 1. The Morgan fingerprint density at radius 1 is 0.838 bits per heavy atom. The van der Waals surface area contributed by atoms with Gasteiger partial charge in [0.15, 0.2) is 5.96 Å². The van der Waals surface area contributed by atoms with Crippen molar-refractivity contribution in [3.63, 3.8) is 0 Å². The first-order chi connectivity index (χ1) is 17.6. The van der Waals surface area contributed by atoms with Crippen LogP contribution in [0.15, 0.2) is 66.7 Å². The Morgan fingerprint density at radius 3 is 2.00 bits per heavy atom. The number of para-hydroxylation sites is 1. The summed E-state index contributed by atoms with van der Waals surface area (Å²) in [5.41, 5.74) is 7.02. The summed E-state index contributed by atoms with van der Waals surface area (Å²) in [4.78, 5) is 51.6. The molecule has 10 heteroatoms. The van der Waals surface area contributed by atoms with Gasteiger partial charge in [0, 0.05) is 17.7 Å². The van der Waals surface area contributed by atoms with Gasteiger partial charge in [0.2, 0.25) is 0 Å². The first kappa shape index (κ1) is 26.6. The predicted molar refractivity (Wildman–Crippen MR) is 138 cm³/mol. The highest BCUT2D eigenvalue weighted by atomic mass is 16.4. The fourth-order valence-electron chi connectivity index (χ4n) is 3.90. The number of anilines is 1. The summed E-state index contributed by atoms with van der Waals surface area (Å²) in [5, 5.41) is 27.2. The van der Waals surface area contributed by atoms with Crippen LogP contribution in [0, 0.1) is 5.41 Å². The number of nitrogens with one attached hydrogen (secondary N) is 1. The molecule has 0 aliphatic heterocycles. The molecule has 37 heavy (non-hydrogen) atoms. The van der Waals surface area contributed by atoms with Crippen LogP contribution in [0.1, 0.15) is 50.5 Å². The number of carbonyl (C=O) groups excluding carboxylic acids is 2. The lowest BCUT2D eigenvalue weighted by Crippen LogP contribution is -2.41. The van der Waals surface area contributed by atoms with Gasteiger partial charge in [0.1, 0.15) is 0 Å². The van der Waals surface area contributed by atoms with E-state index in [1.807, 2.05) is 6.92 Å². The third kappa shape index (κ3) is 5.48. The third-order valence-corrected chi connectivity index (χ3v) is 5.76. The number of hydrogen-bond donors (Lipinski definition) is 4. The van der Waals surface area contributed by atoms with Crippen LogP contribution in [0.4, 0.5) is 10.5 Å². The second-order valence-corrected chi connectivity index (χ2v) is 7.99. The second kappa shape index (κ2) is 11.2. The van der Waals surface area contributed by atoms with Crippen molar-refractivity contribution in [3.05, 3.63) is 89.0 Å². The Bertz CT molecular complexity index is 1390. The summed E-state index contributed by atoms with van der Waals surface area (Å²) < 4.78 is 0. The molecule has 0 fully saturated rings. The minimum Gasteiger partial charge on any atom is -0.478 e. The largest absolute Gasteiger partial charge is 0.478 e. The average molecular weight is 503 g/mol. The first-order valence-electron chi connectivity index (χ1n) is 11.4. The lowest BCUT2D eigenvalue weighted by molar-refractivity contribution is 0.0697. The minimum atomic E-state index is -1.46. The van der Waals surface area contributed by atoms with E-state index in [1.165, 1.54) is 19.1 Å². The van der Waals surface area contributed by atoms with Gasteiger partial charge >= 0.3 is 12.1 Å². The number of benzene rings is 3. The number of hydrogen-bond acceptors (Lipinski definition) is 5. The maximum Gasteiger partial charge on any atom is 0.414 e.